The molecule has 0 aromatic heterocycles. The lowest BCUT2D eigenvalue weighted by Crippen LogP contribution is -2.24. The van der Waals surface area contributed by atoms with E-state index in [1.54, 1.807) is 0 Å². The van der Waals surface area contributed by atoms with E-state index in [9.17, 15) is 4.79 Å². The number of unbranched alkanes of at least 4 members (excludes halogenated alkanes) is 2. The summed E-state index contributed by atoms with van der Waals surface area (Å²) in [4.78, 5) is 11.4. The van der Waals surface area contributed by atoms with Crippen LogP contribution in [0.5, 0.6) is 0 Å². The van der Waals surface area contributed by atoms with E-state index < -0.39 is 0 Å². The Kier molecular flexibility index (Phi) is 9.20. The van der Waals surface area contributed by atoms with Crippen molar-refractivity contribution in [3.63, 3.8) is 0 Å². The number of esters is 1. The van der Waals surface area contributed by atoms with Crippen LogP contribution in [-0.4, -0.2) is 12.1 Å². The van der Waals surface area contributed by atoms with Crippen molar-refractivity contribution in [2.45, 2.75) is 116 Å². The fourth-order valence-corrected chi connectivity index (χ4v) is 4.77. The van der Waals surface area contributed by atoms with Crippen LogP contribution in [0.3, 0.4) is 0 Å². The van der Waals surface area contributed by atoms with Crippen molar-refractivity contribution in [3.05, 3.63) is 0 Å². The molecule has 2 fully saturated rings. The largest absolute Gasteiger partial charge is 0.462 e. The number of ether oxygens (including phenoxy) is 1. The van der Waals surface area contributed by atoms with Crippen LogP contribution in [-0.2, 0) is 9.53 Å². The Bertz CT molecular complexity index is 336. The first-order valence-corrected chi connectivity index (χ1v) is 10.9. The lowest BCUT2D eigenvalue weighted by Gasteiger charge is -2.32. The lowest BCUT2D eigenvalue weighted by molar-refractivity contribution is -0.150. The molecule has 0 aromatic carbocycles. The number of rotatable bonds is 9. The molecule has 2 heteroatoms. The molecule has 140 valence electrons. The molecule has 0 radical (unpaired) electrons. The summed E-state index contributed by atoms with van der Waals surface area (Å²) in [6.45, 7) is 4.19. The van der Waals surface area contributed by atoms with E-state index >= 15 is 0 Å². The van der Waals surface area contributed by atoms with Crippen molar-refractivity contribution >= 4 is 5.97 Å². The summed E-state index contributed by atoms with van der Waals surface area (Å²) >= 11 is 0. The highest BCUT2D eigenvalue weighted by Gasteiger charge is 2.25. The highest BCUT2D eigenvalue weighted by molar-refractivity contribution is 5.69. The average Bonchev–Trinajstić information content (AvgIpc) is 2.62. The third-order valence-corrected chi connectivity index (χ3v) is 6.55. The van der Waals surface area contributed by atoms with Crippen molar-refractivity contribution in [3.8, 4) is 0 Å². The molecule has 0 unspecified atom stereocenters. The summed E-state index contributed by atoms with van der Waals surface area (Å²) in [5, 5.41) is 0. The van der Waals surface area contributed by atoms with Gasteiger partial charge in [0.05, 0.1) is 0 Å². The first kappa shape index (κ1) is 19.8. The van der Waals surface area contributed by atoms with E-state index in [4.69, 9.17) is 4.74 Å². The smallest absolute Gasteiger partial charge is 0.305 e. The molecule has 0 saturated heterocycles. The van der Waals surface area contributed by atoms with Gasteiger partial charge in [0.15, 0.2) is 0 Å². The van der Waals surface area contributed by atoms with Crippen LogP contribution in [0.15, 0.2) is 0 Å². The molecule has 2 aliphatic rings. The molecule has 0 aromatic rings. The molecule has 0 amide bonds. The minimum absolute atomic E-state index is 0.0193. The third kappa shape index (κ3) is 7.15. The van der Waals surface area contributed by atoms with Gasteiger partial charge in [-0.1, -0.05) is 78.1 Å². The highest BCUT2D eigenvalue weighted by Crippen LogP contribution is 2.37. The van der Waals surface area contributed by atoms with Crippen molar-refractivity contribution < 1.29 is 9.53 Å². The second kappa shape index (κ2) is 11.2. The monoisotopic (exact) mass is 336 g/mol. The standard InChI is InChI=1S/C22H40O2/c1-3-5-6-7-18-8-10-19(11-9-18)12-13-20-14-16-21(17-15-20)24-22(23)4-2/h18-21H,3-17H2,1-2H3. The fraction of sp³-hybridized carbons (Fsp3) is 0.955. The molecule has 2 aliphatic carbocycles. The molecular formula is C22H40O2. The van der Waals surface area contributed by atoms with Crippen LogP contribution in [0.25, 0.3) is 0 Å². The van der Waals surface area contributed by atoms with E-state index in [-0.39, 0.29) is 12.1 Å². The Hall–Kier alpha value is -0.530. The van der Waals surface area contributed by atoms with E-state index in [0.29, 0.717) is 6.42 Å². The highest BCUT2D eigenvalue weighted by atomic mass is 16.5. The summed E-state index contributed by atoms with van der Waals surface area (Å²) in [7, 11) is 0. The molecular weight excluding hydrogens is 296 g/mol. The van der Waals surface area contributed by atoms with E-state index in [2.05, 4.69) is 6.92 Å². The van der Waals surface area contributed by atoms with Gasteiger partial charge in [-0.2, -0.15) is 0 Å². The van der Waals surface area contributed by atoms with Gasteiger partial charge in [0, 0.05) is 6.42 Å². The van der Waals surface area contributed by atoms with Crippen molar-refractivity contribution in [1.82, 2.24) is 0 Å². The van der Waals surface area contributed by atoms with Crippen LogP contribution < -0.4 is 0 Å². The Balaban J connectivity index is 1.53. The number of hydrogen-bond acceptors (Lipinski definition) is 2. The molecule has 2 rings (SSSR count). The summed E-state index contributed by atoms with van der Waals surface area (Å²) in [5.41, 5.74) is 0. The first-order chi connectivity index (χ1) is 11.7. The SMILES string of the molecule is CCCCCC1CCC(CCC2CCC(OC(=O)CC)CC2)CC1. The van der Waals surface area contributed by atoms with Gasteiger partial charge in [-0.25, -0.2) is 0 Å². The minimum Gasteiger partial charge on any atom is -0.462 e. The Labute approximate surface area is 150 Å². The predicted molar refractivity (Wildman–Crippen MR) is 101 cm³/mol. The van der Waals surface area contributed by atoms with Gasteiger partial charge < -0.3 is 4.74 Å². The molecule has 0 bridgehead atoms. The minimum atomic E-state index is -0.0193. The van der Waals surface area contributed by atoms with Gasteiger partial charge >= 0.3 is 5.97 Å². The molecule has 2 nitrogen and oxygen atoms in total. The Morgan fingerprint density at radius 1 is 0.750 bits per heavy atom. The zero-order valence-electron chi connectivity index (χ0n) is 16.2. The van der Waals surface area contributed by atoms with Crippen molar-refractivity contribution in [1.29, 1.82) is 0 Å². The van der Waals surface area contributed by atoms with Crippen LogP contribution in [0, 0.1) is 17.8 Å². The quantitative estimate of drug-likeness (QED) is 0.347. The maximum atomic E-state index is 11.4. The van der Waals surface area contributed by atoms with E-state index in [1.165, 1.54) is 77.0 Å². The van der Waals surface area contributed by atoms with Gasteiger partial charge in [-0.3, -0.25) is 4.79 Å². The van der Waals surface area contributed by atoms with Gasteiger partial charge in [0.2, 0.25) is 0 Å². The van der Waals surface area contributed by atoms with Crippen LogP contribution >= 0.6 is 0 Å². The van der Waals surface area contributed by atoms with Crippen LogP contribution in [0.2, 0.25) is 0 Å². The summed E-state index contributed by atoms with van der Waals surface area (Å²) < 4.78 is 5.50. The molecule has 24 heavy (non-hydrogen) atoms. The Morgan fingerprint density at radius 2 is 1.25 bits per heavy atom. The average molecular weight is 337 g/mol. The molecule has 2 saturated carbocycles. The van der Waals surface area contributed by atoms with Crippen LogP contribution in [0.4, 0.5) is 0 Å². The maximum Gasteiger partial charge on any atom is 0.305 e. The second-order valence-corrected chi connectivity index (χ2v) is 8.45. The van der Waals surface area contributed by atoms with Gasteiger partial charge in [0.25, 0.3) is 0 Å². The molecule has 0 N–H and O–H groups in total. The maximum absolute atomic E-state index is 11.4. The van der Waals surface area contributed by atoms with Gasteiger partial charge in [-0.15, -0.1) is 0 Å². The fourth-order valence-electron chi connectivity index (χ4n) is 4.77. The van der Waals surface area contributed by atoms with E-state index in [0.717, 1.165) is 30.6 Å². The predicted octanol–water partition coefficient (Wildman–Crippen LogP) is 6.67. The lowest BCUT2D eigenvalue weighted by atomic mass is 9.76. The normalized spacial score (nSPS) is 30.9. The molecule has 0 aliphatic heterocycles. The number of hydrogen-bond donors (Lipinski definition) is 0. The Morgan fingerprint density at radius 3 is 1.75 bits per heavy atom. The topological polar surface area (TPSA) is 26.3 Å². The molecule has 0 atom stereocenters. The van der Waals surface area contributed by atoms with Crippen molar-refractivity contribution in [2.24, 2.45) is 17.8 Å². The summed E-state index contributed by atoms with van der Waals surface area (Å²) in [5.74, 6) is 2.91. The zero-order chi connectivity index (χ0) is 17.2. The second-order valence-electron chi connectivity index (χ2n) is 8.45. The molecule has 0 spiro atoms. The van der Waals surface area contributed by atoms with Gasteiger partial charge in [0.1, 0.15) is 6.10 Å². The molecule has 0 heterocycles. The van der Waals surface area contributed by atoms with Gasteiger partial charge in [-0.05, 0) is 43.4 Å². The summed E-state index contributed by atoms with van der Waals surface area (Å²) in [6.07, 6.45) is 20.0. The zero-order valence-corrected chi connectivity index (χ0v) is 16.2. The number of carbonyl (C=O) groups excluding carboxylic acids is 1. The first-order valence-electron chi connectivity index (χ1n) is 10.9. The number of carbonyl (C=O) groups is 1. The van der Waals surface area contributed by atoms with E-state index in [1.807, 2.05) is 6.92 Å². The van der Waals surface area contributed by atoms with Crippen LogP contribution in [0.1, 0.15) is 110 Å². The third-order valence-electron chi connectivity index (χ3n) is 6.55. The summed E-state index contributed by atoms with van der Waals surface area (Å²) in [6, 6.07) is 0. The van der Waals surface area contributed by atoms with Crippen molar-refractivity contribution in [2.75, 3.05) is 0 Å².